The van der Waals surface area contributed by atoms with E-state index in [-0.39, 0.29) is 11.8 Å². The molecule has 0 amide bonds. The molecule has 0 saturated carbocycles. The molecule has 5 heteroatoms. The molecule has 3 rings (SSSR count). The van der Waals surface area contributed by atoms with Gasteiger partial charge in [0.05, 0.1) is 26.4 Å². The molecule has 0 aliphatic carbocycles. The molecule has 5 nitrogen and oxygen atoms in total. The predicted octanol–water partition coefficient (Wildman–Crippen LogP) is 1.41. The second kappa shape index (κ2) is 6.24. The van der Waals surface area contributed by atoms with Crippen molar-refractivity contribution in [1.82, 2.24) is 5.32 Å². The second-order valence-electron chi connectivity index (χ2n) is 5.07. The third kappa shape index (κ3) is 3.11. The van der Waals surface area contributed by atoms with Crippen LogP contribution >= 0.6 is 0 Å². The molecule has 0 bridgehead atoms. The topological polar surface area (TPSA) is 56.8 Å². The zero-order valence-electron chi connectivity index (χ0n) is 11.4. The van der Waals surface area contributed by atoms with Crippen molar-refractivity contribution in [3.05, 3.63) is 23.8 Å². The number of rotatable bonds is 3. The summed E-state index contributed by atoms with van der Waals surface area (Å²) in [6.07, 6.45) is 1.31. The fourth-order valence-corrected chi connectivity index (χ4v) is 2.43. The van der Waals surface area contributed by atoms with Gasteiger partial charge in [-0.15, -0.1) is 0 Å². The van der Waals surface area contributed by atoms with Crippen LogP contribution in [0.5, 0.6) is 11.5 Å². The lowest BCUT2D eigenvalue weighted by molar-refractivity contribution is 0.0676. The maximum Gasteiger partial charge on any atom is 0.164 e. The maximum atomic E-state index is 12.3. The summed E-state index contributed by atoms with van der Waals surface area (Å²) in [5.74, 6) is 1.49. The minimum absolute atomic E-state index is 0.101. The molecule has 1 fully saturated rings. The van der Waals surface area contributed by atoms with E-state index in [2.05, 4.69) is 5.32 Å². The van der Waals surface area contributed by atoms with Gasteiger partial charge in [-0.05, 0) is 18.2 Å². The highest BCUT2D eigenvalue weighted by molar-refractivity contribution is 5.97. The molecule has 108 valence electrons. The fourth-order valence-electron chi connectivity index (χ4n) is 2.43. The number of hydrogen-bond donors (Lipinski definition) is 1. The summed E-state index contributed by atoms with van der Waals surface area (Å²) in [5.41, 5.74) is 0.668. The molecular formula is C15H19NO4. The van der Waals surface area contributed by atoms with Crippen LogP contribution in [0.1, 0.15) is 23.2 Å². The first-order chi connectivity index (χ1) is 9.83. The lowest BCUT2D eigenvalue weighted by atomic mass is 10.0. The number of hydrogen-bond acceptors (Lipinski definition) is 5. The van der Waals surface area contributed by atoms with Gasteiger partial charge in [-0.25, -0.2) is 0 Å². The summed E-state index contributed by atoms with van der Waals surface area (Å²) in [5, 5.41) is 3.29. The Labute approximate surface area is 118 Å². The Morgan fingerprint density at radius 3 is 2.85 bits per heavy atom. The zero-order chi connectivity index (χ0) is 13.8. The van der Waals surface area contributed by atoms with Crippen LogP contribution in [0.15, 0.2) is 18.2 Å². The van der Waals surface area contributed by atoms with Crippen molar-refractivity contribution in [1.29, 1.82) is 0 Å². The van der Waals surface area contributed by atoms with Gasteiger partial charge in [-0.1, -0.05) is 0 Å². The Hall–Kier alpha value is -1.59. The first-order valence-electron chi connectivity index (χ1n) is 7.07. The van der Waals surface area contributed by atoms with E-state index < -0.39 is 0 Å². The van der Waals surface area contributed by atoms with Crippen LogP contribution in [-0.4, -0.2) is 44.8 Å². The molecule has 2 heterocycles. The van der Waals surface area contributed by atoms with Crippen molar-refractivity contribution < 1.29 is 19.0 Å². The molecule has 2 aliphatic heterocycles. The number of carbonyl (C=O) groups is 1. The highest BCUT2D eigenvalue weighted by Gasteiger charge is 2.19. The average molecular weight is 277 g/mol. The normalized spacial score (nSPS) is 22.1. The summed E-state index contributed by atoms with van der Waals surface area (Å²) in [6, 6.07) is 5.51. The molecule has 2 aliphatic rings. The summed E-state index contributed by atoms with van der Waals surface area (Å²) in [6.45, 7) is 3.40. The Morgan fingerprint density at radius 2 is 2.05 bits per heavy atom. The van der Waals surface area contributed by atoms with Gasteiger partial charge in [0.25, 0.3) is 0 Å². The monoisotopic (exact) mass is 277 g/mol. The number of carbonyl (C=O) groups excluding carboxylic acids is 1. The average Bonchev–Trinajstić information content (AvgIpc) is 2.72. The van der Waals surface area contributed by atoms with Crippen LogP contribution in [-0.2, 0) is 4.74 Å². The van der Waals surface area contributed by atoms with Crippen LogP contribution < -0.4 is 14.8 Å². The van der Waals surface area contributed by atoms with Crippen molar-refractivity contribution in [3.8, 4) is 11.5 Å². The predicted molar refractivity (Wildman–Crippen MR) is 73.6 cm³/mol. The molecule has 20 heavy (non-hydrogen) atoms. The largest absolute Gasteiger partial charge is 0.490 e. The van der Waals surface area contributed by atoms with Crippen LogP contribution in [0.3, 0.4) is 0 Å². The van der Waals surface area contributed by atoms with E-state index in [1.807, 2.05) is 6.07 Å². The first-order valence-corrected chi connectivity index (χ1v) is 7.07. The molecule has 1 N–H and O–H groups in total. The molecule has 0 aromatic heterocycles. The third-order valence-corrected chi connectivity index (χ3v) is 3.50. The molecule has 0 spiro atoms. The molecule has 1 aromatic carbocycles. The highest BCUT2D eigenvalue weighted by atomic mass is 16.5. The Bertz CT molecular complexity index is 483. The van der Waals surface area contributed by atoms with E-state index in [1.165, 1.54) is 0 Å². The Kier molecular flexibility index (Phi) is 4.18. The van der Waals surface area contributed by atoms with Crippen molar-refractivity contribution in [3.63, 3.8) is 0 Å². The standard InChI is InChI=1S/C15H19NO4/c17-13(9-12-10-18-7-4-16-12)11-2-3-14-15(8-11)20-6-1-5-19-14/h2-3,8,12,16H,1,4-7,9-10H2. The van der Waals surface area contributed by atoms with Crippen LogP contribution in [0.25, 0.3) is 0 Å². The minimum Gasteiger partial charge on any atom is -0.490 e. The first kappa shape index (κ1) is 13.4. The lowest BCUT2D eigenvalue weighted by Crippen LogP contribution is -2.42. The molecule has 1 unspecified atom stereocenters. The molecular weight excluding hydrogens is 258 g/mol. The van der Waals surface area contributed by atoms with E-state index in [9.17, 15) is 4.79 Å². The molecule has 1 saturated heterocycles. The number of ketones is 1. The van der Waals surface area contributed by atoms with Gasteiger partial charge in [-0.2, -0.15) is 0 Å². The van der Waals surface area contributed by atoms with Gasteiger partial charge < -0.3 is 19.5 Å². The van der Waals surface area contributed by atoms with E-state index >= 15 is 0 Å². The molecule has 1 atom stereocenters. The van der Waals surface area contributed by atoms with E-state index in [4.69, 9.17) is 14.2 Å². The Balaban J connectivity index is 1.69. The molecule has 1 aromatic rings. The lowest BCUT2D eigenvalue weighted by Gasteiger charge is -2.23. The smallest absolute Gasteiger partial charge is 0.164 e. The van der Waals surface area contributed by atoms with Gasteiger partial charge in [0.2, 0.25) is 0 Å². The number of nitrogens with one attached hydrogen (secondary N) is 1. The van der Waals surface area contributed by atoms with E-state index in [0.29, 0.717) is 44.2 Å². The van der Waals surface area contributed by atoms with Gasteiger partial charge in [0, 0.05) is 31.0 Å². The van der Waals surface area contributed by atoms with Crippen molar-refractivity contribution in [2.45, 2.75) is 18.9 Å². The quantitative estimate of drug-likeness (QED) is 0.847. The van der Waals surface area contributed by atoms with Gasteiger partial charge in [0.15, 0.2) is 17.3 Å². The molecule has 0 radical (unpaired) electrons. The number of benzene rings is 1. The summed E-state index contributed by atoms with van der Waals surface area (Å²) >= 11 is 0. The van der Waals surface area contributed by atoms with E-state index in [1.54, 1.807) is 12.1 Å². The number of Topliss-reactive ketones (excluding diaryl/α,β-unsaturated/α-hetero) is 1. The summed E-state index contributed by atoms with van der Waals surface area (Å²) in [4.78, 5) is 12.3. The minimum atomic E-state index is 0.101. The van der Waals surface area contributed by atoms with Gasteiger partial charge in [0.1, 0.15) is 0 Å². The van der Waals surface area contributed by atoms with Crippen LogP contribution in [0.2, 0.25) is 0 Å². The van der Waals surface area contributed by atoms with Gasteiger partial charge >= 0.3 is 0 Å². The third-order valence-electron chi connectivity index (χ3n) is 3.50. The number of ether oxygens (including phenoxy) is 3. The van der Waals surface area contributed by atoms with Crippen LogP contribution in [0.4, 0.5) is 0 Å². The fraction of sp³-hybridized carbons (Fsp3) is 0.533. The summed E-state index contributed by atoms with van der Waals surface area (Å²) < 4.78 is 16.5. The number of morpholine rings is 1. The van der Waals surface area contributed by atoms with Crippen molar-refractivity contribution >= 4 is 5.78 Å². The highest BCUT2D eigenvalue weighted by Crippen LogP contribution is 2.30. The van der Waals surface area contributed by atoms with Crippen molar-refractivity contribution in [2.75, 3.05) is 33.0 Å². The maximum absolute atomic E-state index is 12.3. The van der Waals surface area contributed by atoms with Gasteiger partial charge in [-0.3, -0.25) is 4.79 Å². The summed E-state index contributed by atoms with van der Waals surface area (Å²) in [7, 11) is 0. The number of fused-ring (bicyclic) bond motifs is 1. The van der Waals surface area contributed by atoms with Crippen LogP contribution in [0, 0.1) is 0 Å². The zero-order valence-corrected chi connectivity index (χ0v) is 11.4. The SMILES string of the molecule is O=C(CC1COCCN1)c1ccc2c(c1)OCCCO2. The second-order valence-corrected chi connectivity index (χ2v) is 5.07. The van der Waals surface area contributed by atoms with Crippen molar-refractivity contribution in [2.24, 2.45) is 0 Å². The van der Waals surface area contributed by atoms with E-state index in [0.717, 1.165) is 18.7 Å². The Morgan fingerprint density at radius 1 is 1.20 bits per heavy atom.